The van der Waals surface area contributed by atoms with Crippen molar-refractivity contribution in [3.05, 3.63) is 34.4 Å². The van der Waals surface area contributed by atoms with Crippen LogP contribution in [0.2, 0.25) is 0 Å². The predicted molar refractivity (Wildman–Crippen MR) is 81.8 cm³/mol. The first-order chi connectivity index (χ1) is 8.46. The van der Waals surface area contributed by atoms with E-state index in [0.29, 0.717) is 0 Å². The number of fused-ring (bicyclic) bond motifs is 1. The van der Waals surface area contributed by atoms with Gasteiger partial charge in [-0.25, -0.2) is 0 Å². The molecule has 0 aliphatic carbocycles. The van der Waals surface area contributed by atoms with E-state index in [1.807, 2.05) is 0 Å². The highest BCUT2D eigenvalue weighted by molar-refractivity contribution is 9.10. The quantitative estimate of drug-likeness (QED) is 0.906. The van der Waals surface area contributed by atoms with E-state index in [1.165, 1.54) is 21.1 Å². The Morgan fingerprint density at radius 2 is 1.94 bits per heavy atom. The normalized spacial score (nSPS) is 12.3. The van der Waals surface area contributed by atoms with E-state index < -0.39 is 0 Å². The Bertz CT molecular complexity index is 555. The molecule has 0 fully saturated rings. The molecule has 3 heteroatoms. The second-order valence-electron chi connectivity index (χ2n) is 5.69. The maximum atomic E-state index is 5.81. The number of benzene rings is 1. The molecule has 1 aromatic carbocycles. The lowest BCUT2D eigenvalue weighted by Crippen LogP contribution is -2.25. The third kappa shape index (κ3) is 2.47. The van der Waals surface area contributed by atoms with E-state index in [4.69, 9.17) is 5.73 Å². The zero-order chi connectivity index (χ0) is 13.3. The molecule has 0 bridgehead atoms. The van der Waals surface area contributed by atoms with E-state index in [9.17, 15) is 0 Å². The zero-order valence-corrected chi connectivity index (χ0v) is 12.9. The summed E-state index contributed by atoms with van der Waals surface area (Å²) in [5, 5.41) is 1.29. The summed E-state index contributed by atoms with van der Waals surface area (Å²) in [5.74, 6) is 0. The third-order valence-corrected chi connectivity index (χ3v) is 4.72. The van der Waals surface area contributed by atoms with Gasteiger partial charge < -0.3 is 10.3 Å². The second-order valence-corrected chi connectivity index (χ2v) is 6.48. The summed E-state index contributed by atoms with van der Waals surface area (Å²) in [6.45, 7) is 8.36. The van der Waals surface area contributed by atoms with Crippen LogP contribution in [0.1, 0.15) is 26.0 Å². The van der Waals surface area contributed by atoms with Crippen LogP contribution in [-0.2, 0) is 6.54 Å². The Labute approximate surface area is 117 Å². The first kappa shape index (κ1) is 13.6. The number of hydrogen-bond acceptors (Lipinski definition) is 1. The van der Waals surface area contributed by atoms with Crippen molar-refractivity contribution in [3.63, 3.8) is 0 Å². The van der Waals surface area contributed by atoms with Gasteiger partial charge >= 0.3 is 0 Å². The minimum atomic E-state index is 0.199. The van der Waals surface area contributed by atoms with Gasteiger partial charge in [-0.15, -0.1) is 0 Å². The first-order valence-corrected chi connectivity index (χ1v) is 7.19. The summed E-state index contributed by atoms with van der Waals surface area (Å²) in [4.78, 5) is 0. The van der Waals surface area contributed by atoms with Gasteiger partial charge in [0.05, 0.1) is 0 Å². The Hall–Kier alpha value is -0.800. The fraction of sp³-hybridized carbons (Fsp3) is 0.467. The monoisotopic (exact) mass is 308 g/mol. The van der Waals surface area contributed by atoms with Crippen molar-refractivity contribution in [3.8, 4) is 0 Å². The van der Waals surface area contributed by atoms with Gasteiger partial charge in [0.25, 0.3) is 0 Å². The topological polar surface area (TPSA) is 30.9 Å². The fourth-order valence-electron chi connectivity index (χ4n) is 2.19. The van der Waals surface area contributed by atoms with E-state index >= 15 is 0 Å². The summed E-state index contributed by atoms with van der Waals surface area (Å²) >= 11 is 3.69. The van der Waals surface area contributed by atoms with E-state index in [2.05, 4.69) is 65.5 Å². The Kier molecular flexibility index (Phi) is 3.83. The molecule has 1 heterocycles. The van der Waals surface area contributed by atoms with E-state index in [1.54, 1.807) is 0 Å². The molecule has 2 aromatic rings. The number of aromatic nitrogens is 1. The number of nitrogens with two attached hydrogens (primary N) is 1. The molecule has 2 N–H and O–H groups in total. The highest BCUT2D eigenvalue weighted by Gasteiger charge is 2.17. The molecule has 0 aliphatic heterocycles. The minimum Gasteiger partial charge on any atom is -0.344 e. The molecule has 0 spiro atoms. The van der Waals surface area contributed by atoms with Gasteiger partial charge in [0, 0.05) is 27.6 Å². The Balaban J connectivity index is 2.36. The first-order valence-electron chi connectivity index (χ1n) is 6.40. The number of rotatable bonds is 4. The SMILES string of the molecule is Cc1c(Br)c2ccccc2n1CCC(C)(C)CN. The lowest BCUT2D eigenvalue weighted by molar-refractivity contribution is 0.325. The maximum Gasteiger partial charge on any atom is 0.0494 e. The van der Waals surface area contributed by atoms with Gasteiger partial charge in [-0.05, 0) is 47.3 Å². The van der Waals surface area contributed by atoms with Crippen LogP contribution < -0.4 is 5.73 Å². The number of hydrogen-bond donors (Lipinski definition) is 1. The van der Waals surface area contributed by atoms with Crippen molar-refractivity contribution in [1.82, 2.24) is 4.57 Å². The van der Waals surface area contributed by atoms with Crippen LogP contribution in [0.4, 0.5) is 0 Å². The Morgan fingerprint density at radius 3 is 2.61 bits per heavy atom. The lowest BCUT2D eigenvalue weighted by atomic mass is 9.89. The van der Waals surface area contributed by atoms with E-state index in [-0.39, 0.29) is 5.41 Å². The standard InChI is InChI=1S/C15H21BrN2/c1-11-14(16)12-6-4-5-7-13(12)18(11)9-8-15(2,3)10-17/h4-7H,8-10,17H2,1-3H3. The lowest BCUT2D eigenvalue weighted by Gasteiger charge is -2.23. The van der Waals surface area contributed by atoms with Crippen molar-refractivity contribution < 1.29 is 0 Å². The summed E-state index contributed by atoms with van der Waals surface area (Å²) in [6, 6.07) is 8.53. The molecule has 0 saturated heterocycles. The molecule has 2 nitrogen and oxygen atoms in total. The minimum absolute atomic E-state index is 0.199. The zero-order valence-electron chi connectivity index (χ0n) is 11.3. The van der Waals surface area contributed by atoms with Crippen molar-refractivity contribution in [1.29, 1.82) is 0 Å². The summed E-state index contributed by atoms with van der Waals surface area (Å²) in [7, 11) is 0. The average Bonchev–Trinajstić information content (AvgIpc) is 2.61. The van der Waals surface area contributed by atoms with Crippen LogP contribution >= 0.6 is 15.9 Å². The summed E-state index contributed by atoms with van der Waals surface area (Å²) in [6.07, 6.45) is 1.09. The average molecular weight is 309 g/mol. The van der Waals surface area contributed by atoms with Crippen LogP contribution in [-0.4, -0.2) is 11.1 Å². The number of halogens is 1. The second kappa shape index (κ2) is 5.06. The number of para-hydroxylation sites is 1. The van der Waals surface area contributed by atoms with Gasteiger partial charge in [0.15, 0.2) is 0 Å². The molecule has 0 atom stereocenters. The van der Waals surface area contributed by atoms with Crippen LogP contribution in [0, 0.1) is 12.3 Å². The molecule has 0 amide bonds. The van der Waals surface area contributed by atoms with Crippen LogP contribution in [0.3, 0.4) is 0 Å². The van der Waals surface area contributed by atoms with Crippen molar-refractivity contribution >= 4 is 26.8 Å². The fourth-order valence-corrected chi connectivity index (χ4v) is 2.74. The molecular formula is C15H21BrN2. The molecule has 0 radical (unpaired) electrons. The maximum absolute atomic E-state index is 5.81. The smallest absolute Gasteiger partial charge is 0.0494 e. The molecule has 0 aliphatic rings. The molecule has 18 heavy (non-hydrogen) atoms. The predicted octanol–water partition coefficient (Wildman–Crippen LogP) is 4.09. The molecule has 0 saturated carbocycles. The van der Waals surface area contributed by atoms with E-state index in [0.717, 1.165) is 19.5 Å². The molecular weight excluding hydrogens is 288 g/mol. The third-order valence-electron chi connectivity index (χ3n) is 3.72. The highest BCUT2D eigenvalue weighted by Crippen LogP contribution is 2.31. The Morgan fingerprint density at radius 1 is 1.28 bits per heavy atom. The van der Waals surface area contributed by atoms with Crippen LogP contribution in [0.25, 0.3) is 10.9 Å². The van der Waals surface area contributed by atoms with Gasteiger partial charge in [0.2, 0.25) is 0 Å². The summed E-state index contributed by atoms with van der Waals surface area (Å²) in [5.41, 5.74) is 8.60. The van der Waals surface area contributed by atoms with Gasteiger partial charge in [-0.1, -0.05) is 32.0 Å². The van der Waals surface area contributed by atoms with Gasteiger partial charge in [-0.2, -0.15) is 0 Å². The number of aryl methyl sites for hydroxylation is 1. The molecule has 2 rings (SSSR count). The largest absolute Gasteiger partial charge is 0.344 e. The highest BCUT2D eigenvalue weighted by atomic mass is 79.9. The number of nitrogens with zero attached hydrogens (tertiary/aromatic N) is 1. The molecule has 0 unspecified atom stereocenters. The van der Waals surface area contributed by atoms with Crippen molar-refractivity contribution in [2.24, 2.45) is 11.1 Å². The van der Waals surface area contributed by atoms with Gasteiger partial charge in [-0.3, -0.25) is 0 Å². The van der Waals surface area contributed by atoms with Gasteiger partial charge in [0.1, 0.15) is 0 Å². The van der Waals surface area contributed by atoms with Crippen LogP contribution in [0.5, 0.6) is 0 Å². The molecule has 1 aromatic heterocycles. The van der Waals surface area contributed by atoms with Crippen LogP contribution in [0.15, 0.2) is 28.7 Å². The van der Waals surface area contributed by atoms with Crippen molar-refractivity contribution in [2.45, 2.75) is 33.7 Å². The summed E-state index contributed by atoms with van der Waals surface area (Å²) < 4.78 is 3.60. The molecule has 98 valence electrons. The van der Waals surface area contributed by atoms with Crippen molar-refractivity contribution in [2.75, 3.05) is 6.54 Å².